The van der Waals surface area contributed by atoms with Gasteiger partial charge >= 0.3 is 17.9 Å². The van der Waals surface area contributed by atoms with Crippen molar-refractivity contribution in [1.82, 2.24) is 0 Å². The molecule has 6 nitrogen and oxygen atoms in total. The molecule has 102 valence electrons. The average molecular weight is 258 g/mol. The molecule has 0 unspecified atom stereocenters. The third-order valence-electron chi connectivity index (χ3n) is 3.39. The van der Waals surface area contributed by atoms with Gasteiger partial charge < -0.3 is 15.3 Å². The minimum Gasteiger partial charge on any atom is -0.481 e. The van der Waals surface area contributed by atoms with E-state index in [1.54, 1.807) is 0 Å². The van der Waals surface area contributed by atoms with E-state index in [4.69, 9.17) is 15.3 Å². The molecular formula is C12H18O6. The van der Waals surface area contributed by atoms with Crippen LogP contribution in [0.2, 0.25) is 0 Å². The van der Waals surface area contributed by atoms with Gasteiger partial charge in [0, 0.05) is 19.3 Å². The van der Waals surface area contributed by atoms with Crippen LogP contribution in [0.1, 0.15) is 38.5 Å². The van der Waals surface area contributed by atoms with Crippen molar-refractivity contribution in [3.05, 3.63) is 0 Å². The van der Waals surface area contributed by atoms with Gasteiger partial charge in [-0.3, -0.25) is 14.4 Å². The molecule has 3 N–H and O–H groups in total. The lowest BCUT2D eigenvalue weighted by atomic mass is 9.72. The van der Waals surface area contributed by atoms with Gasteiger partial charge in [0.05, 0.1) is 0 Å². The number of hydrogen-bond acceptors (Lipinski definition) is 3. The predicted molar refractivity (Wildman–Crippen MR) is 61.1 cm³/mol. The molecule has 0 atom stereocenters. The summed E-state index contributed by atoms with van der Waals surface area (Å²) >= 11 is 0. The molecule has 6 heteroatoms. The fraction of sp³-hybridized carbons (Fsp3) is 0.750. The zero-order valence-corrected chi connectivity index (χ0v) is 10.0. The van der Waals surface area contributed by atoms with Gasteiger partial charge in [0.25, 0.3) is 0 Å². The summed E-state index contributed by atoms with van der Waals surface area (Å²) in [5, 5.41) is 26.3. The molecule has 1 rings (SSSR count). The zero-order valence-electron chi connectivity index (χ0n) is 10.0. The molecule has 0 saturated heterocycles. The van der Waals surface area contributed by atoms with Crippen molar-refractivity contribution < 1.29 is 29.7 Å². The van der Waals surface area contributed by atoms with Crippen LogP contribution in [0.25, 0.3) is 0 Å². The maximum absolute atomic E-state index is 10.7. The van der Waals surface area contributed by atoms with Gasteiger partial charge in [-0.25, -0.2) is 0 Å². The zero-order chi connectivity index (χ0) is 13.7. The number of rotatable bonds is 6. The first kappa shape index (κ1) is 14.5. The Morgan fingerprint density at radius 2 is 0.889 bits per heavy atom. The van der Waals surface area contributed by atoms with E-state index < -0.39 is 17.9 Å². The summed E-state index contributed by atoms with van der Waals surface area (Å²) in [5.41, 5.74) is 0. The Labute approximate surface area is 105 Å². The van der Waals surface area contributed by atoms with Gasteiger partial charge in [-0.05, 0) is 37.0 Å². The molecular weight excluding hydrogens is 240 g/mol. The first-order valence-electron chi connectivity index (χ1n) is 6.02. The molecule has 0 aromatic carbocycles. The van der Waals surface area contributed by atoms with Crippen molar-refractivity contribution in [3.63, 3.8) is 0 Å². The Bertz CT molecular complexity index is 279. The van der Waals surface area contributed by atoms with Crippen molar-refractivity contribution in [2.45, 2.75) is 38.5 Å². The Kier molecular flexibility index (Phi) is 5.12. The molecule has 0 aromatic rings. The van der Waals surface area contributed by atoms with E-state index in [0.29, 0.717) is 19.3 Å². The highest BCUT2D eigenvalue weighted by atomic mass is 16.4. The fourth-order valence-corrected chi connectivity index (χ4v) is 2.94. The van der Waals surface area contributed by atoms with Crippen LogP contribution >= 0.6 is 0 Å². The summed E-state index contributed by atoms with van der Waals surface area (Å²) < 4.78 is 0. The normalized spacial score (nSPS) is 27.7. The van der Waals surface area contributed by atoms with Gasteiger partial charge in [-0.2, -0.15) is 0 Å². The van der Waals surface area contributed by atoms with Crippen molar-refractivity contribution in [1.29, 1.82) is 0 Å². The van der Waals surface area contributed by atoms with Crippen LogP contribution in [0.3, 0.4) is 0 Å². The molecule has 1 aliphatic rings. The topological polar surface area (TPSA) is 112 Å². The van der Waals surface area contributed by atoms with Crippen molar-refractivity contribution in [2.75, 3.05) is 0 Å². The monoisotopic (exact) mass is 258 g/mol. The van der Waals surface area contributed by atoms with Crippen molar-refractivity contribution >= 4 is 17.9 Å². The number of carbonyl (C=O) groups is 3. The molecule has 0 aromatic heterocycles. The van der Waals surface area contributed by atoms with Gasteiger partial charge in [0.2, 0.25) is 0 Å². The van der Waals surface area contributed by atoms with E-state index >= 15 is 0 Å². The van der Waals surface area contributed by atoms with E-state index in [0.717, 1.165) is 0 Å². The van der Waals surface area contributed by atoms with Crippen molar-refractivity contribution in [3.8, 4) is 0 Å². The van der Waals surface area contributed by atoms with Crippen LogP contribution in [0, 0.1) is 17.8 Å². The lowest BCUT2D eigenvalue weighted by molar-refractivity contribution is -0.139. The van der Waals surface area contributed by atoms with Crippen molar-refractivity contribution in [2.24, 2.45) is 17.8 Å². The summed E-state index contributed by atoms with van der Waals surface area (Å²) in [5.74, 6) is -3.06. The quantitative estimate of drug-likeness (QED) is 0.664. The van der Waals surface area contributed by atoms with Crippen LogP contribution in [-0.4, -0.2) is 33.2 Å². The highest BCUT2D eigenvalue weighted by Gasteiger charge is 2.32. The molecule has 0 aliphatic heterocycles. The Hall–Kier alpha value is -1.59. The van der Waals surface area contributed by atoms with E-state index in [-0.39, 0.29) is 37.0 Å². The maximum Gasteiger partial charge on any atom is 0.303 e. The Morgan fingerprint density at radius 1 is 0.667 bits per heavy atom. The van der Waals surface area contributed by atoms with E-state index in [1.807, 2.05) is 0 Å². The molecule has 0 spiro atoms. The first-order valence-corrected chi connectivity index (χ1v) is 6.02. The highest BCUT2D eigenvalue weighted by molar-refractivity contribution is 5.68. The second-order valence-corrected chi connectivity index (χ2v) is 5.10. The van der Waals surface area contributed by atoms with Crippen LogP contribution in [0.15, 0.2) is 0 Å². The number of aliphatic carboxylic acids is 3. The second-order valence-electron chi connectivity index (χ2n) is 5.10. The summed E-state index contributed by atoms with van der Waals surface area (Å²) in [7, 11) is 0. The summed E-state index contributed by atoms with van der Waals surface area (Å²) in [6.45, 7) is 0. The third-order valence-corrected chi connectivity index (χ3v) is 3.39. The molecule has 1 saturated carbocycles. The van der Waals surface area contributed by atoms with Crippen LogP contribution in [0.5, 0.6) is 0 Å². The molecule has 18 heavy (non-hydrogen) atoms. The summed E-state index contributed by atoms with van der Waals surface area (Å²) in [4.78, 5) is 32.1. The molecule has 1 fully saturated rings. The molecule has 0 heterocycles. The number of hydrogen-bond donors (Lipinski definition) is 3. The Morgan fingerprint density at radius 3 is 1.06 bits per heavy atom. The Balaban J connectivity index is 2.62. The minimum atomic E-state index is -0.912. The summed E-state index contributed by atoms with van der Waals surface area (Å²) in [6, 6.07) is 0. The van der Waals surface area contributed by atoms with Crippen LogP contribution < -0.4 is 0 Å². The minimum absolute atomic E-state index is 0.00770. The first-order chi connectivity index (χ1) is 8.36. The SMILES string of the molecule is O=C(O)CC1CC(CC(=O)O)CC(CC(=O)O)C1. The highest BCUT2D eigenvalue weighted by Crippen LogP contribution is 2.38. The van der Waals surface area contributed by atoms with Gasteiger partial charge in [-0.1, -0.05) is 0 Å². The largest absolute Gasteiger partial charge is 0.481 e. The average Bonchev–Trinajstić information content (AvgIpc) is 2.12. The van der Waals surface area contributed by atoms with Crippen LogP contribution in [-0.2, 0) is 14.4 Å². The lowest BCUT2D eigenvalue weighted by Gasteiger charge is -2.33. The standard InChI is InChI=1S/C12H18O6/c13-10(14)4-7-1-8(5-11(15)16)3-9(2-7)6-12(17)18/h7-9H,1-6H2,(H,13,14)(H,15,16)(H,17,18). The maximum atomic E-state index is 10.7. The van der Waals surface area contributed by atoms with Gasteiger partial charge in [-0.15, -0.1) is 0 Å². The smallest absolute Gasteiger partial charge is 0.303 e. The molecule has 0 amide bonds. The molecule has 1 aliphatic carbocycles. The lowest BCUT2D eigenvalue weighted by Crippen LogP contribution is -2.27. The molecule has 0 radical (unpaired) electrons. The van der Waals surface area contributed by atoms with E-state index in [2.05, 4.69) is 0 Å². The summed E-state index contributed by atoms with van der Waals surface area (Å²) in [6.07, 6.45) is 1.67. The van der Waals surface area contributed by atoms with Crippen LogP contribution in [0.4, 0.5) is 0 Å². The predicted octanol–water partition coefficient (Wildman–Crippen LogP) is 1.44. The molecule has 0 bridgehead atoms. The number of carboxylic acids is 3. The van der Waals surface area contributed by atoms with E-state index in [9.17, 15) is 14.4 Å². The second kappa shape index (κ2) is 6.37. The number of carboxylic acid groups (broad SMARTS) is 3. The fourth-order valence-electron chi connectivity index (χ4n) is 2.94. The third kappa shape index (κ3) is 5.16. The van der Waals surface area contributed by atoms with Gasteiger partial charge in [0.15, 0.2) is 0 Å². The van der Waals surface area contributed by atoms with Gasteiger partial charge in [0.1, 0.15) is 0 Å². The van der Waals surface area contributed by atoms with E-state index in [1.165, 1.54) is 0 Å².